The van der Waals surface area contributed by atoms with E-state index in [1.165, 1.54) is 0 Å². The Balaban J connectivity index is 2.16. The van der Waals surface area contributed by atoms with Crippen molar-refractivity contribution in [2.24, 2.45) is 5.92 Å². The molecule has 0 radical (unpaired) electrons. The second-order valence-electron chi connectivity index (χ2n) is 4.49. The van der Waals surface area contributed by atoms with E-state index in [1.807, 2.05) is 37.3 Å². The predicted molar refractivity (Wildman–Crippen MR) is 67.6 cm³/mol. The van der Waals surface area contributed by atoms with Crippen molar-refractivity contribution in [2.75, 3.05) is 6.61 Å². The van der Waals surface area contributed by atoms with E-state index in [4.69, 9.17) is 4.74 Å². The van der Waals surface area contributed by atoms with Gasteiger partial charge in [-0.1, -0.05) is 37.3 Å². The molecule has 0 aliphatic carbocycles. The first-order chi connectivity index (χ1) is 8.11. The van der Waals surface area contributed by atoms with Crippen LogP contribution in [0.4, 0.5) is 0 Å². The maximum absolute atomic E-state index is 9.75. The van der Waals surface area contributed by atoms with Gasteiger partial charge in [0.15, 0.2) is 0 Å². The van der Waals surface area contributed by atoms with Crippen molar-refractivity contribution in [1.29, 1.82) is 0 Å². The normalized spacial score (nSPS) is 16.5. The van der Waals surface area contributed by atoms with Crippen LogP contribution in [-0.2, 0) is 11.3 Å². The zero-order chi connectivity index (χ0) is 12.7. The summed E-state index contributed by atoms with van der Waals surface area (Å²) >= 11 is 0. The molecule has 3 nitrogen and oxygen atoms in total. The minimum Gasteiger partial charge on any atom is -0.393 e. The van der Waals surface area contributed by atoms with E-state index in [1.54, 1.807) is 6.92 Å². The second kappa shape index (κ2) is 7.43. The van der Waals surface area contributed by atoms with Gasteiger partial charge in [0.2, 0.25) is 0 Å². The van der Waals surface area contributed by atoms with E-state index in [2.05, 4.69) is 0 Å². The van der Waals surface area contributed by atoms with Crippen LogP contribution in [0.5, 0.6) is 0 Å². The minimum atomic E-state index is -0.509. The maximum Gasteiger partial charge on any atom is 0.0716 e. The summed E-state index contributed by atoms with van der Waals surface area (Å²) in [4.78, 5) is 0. The van der Waals surface area contributed by atoms with Crippen molar-refractivity contribution in [3.05, 3.63) is 35.9 Å². The molecule has 3 atom stereocenters. The molecule has 0 unspecified atom stereocenters. The van der Waals surface area contributed by atoms with E-state index in [-0.39, 0.29) is 5.92 Å². The Labute approximate surface area is 103 Å². The van der Waals surface area contributed by atoms with Crippen molar-refractivity contribution in [3.63, 3.8) is 0 Å². The molecule has 0 aliphatic heterocycles. The number of ether oxygens (including phenoxy) is 1. The van der Waals surface area contributed by atoms with Crippen molar-refractivity contribution >= 4 is 0 Å². The molecule has 2 N–H and O–H groups in total. The summed E-state index contributed by atoms with van der Waals surface area (Å²) in [5.74, 6) is -0.115. The molecule has 0 saturated carbocycles. The average molecular weight is 238 g/mol. The van der Waals surface area contributed by atoms with E-state index >= 15 is 0 Å². The third kappa shape index (κ3) is 5.31. The molecule has 1 aromatic carbocycles. The molecule has 0 saturated heterocycles. The number of rotatable bonds is 7. The first kappa shape index (κ1) is 14.2. The zero-order valence-corrected chi connectivity index (χ0v) is 10.5. The van der Waals surface area contributed by atoms with E-state index in [0.29, 0.717) is 19.6 Å². The molecular weight excluding hydrogens is 216 g/mol. The van der Waals surface area contributed by atoms with Gasteiger partial charge >= 0.3 is 0 Å². The van der Waals surface area contributed by atoms with Crippen LogP contribution in [0.3, 0.4) is 0 Å². The van der Waals surface area contributed by atoms with Crippen molar-refractivity contribution in [3.8, 4) is 0 Å². The highest BCUT2D eigenvalue weighted by Gasteiger charge is 2.18. The van der Waals surface area contributed by atoms with E-state index in [9.17, 15) is 10.2 Å². The fraction of sp³-hybridized carbons (Fsp3) is 0.571. The Bertz CT molecular complexity index is 298. The van der Waals surface area contributed by atoms with Gasteiger partial charge in [-0.05, 0) is 18.9 Å². The highest BCUT2D eigenvalue weighted by molar-refractivity contribution is 5.13. The summed E-state index contributed by atoms with van der Waals surface area (Å²) < 4.78 is 5.48. The maximum atomic E-state index is 9.75. The molecule has 3 heteroatoms. The topological polar surface area (TPSA) is 49.7 Å². The first-order valence-electron chi connectivity index (χ1n) is 6.09. The number of aliphatic hydroxyl groups excluding tert-OH is 2. The fourth-order valence-electron chi connectivity index (χ4n) is 1.55. The second-order valence-corrected chi connectivity index (χ2v) is 4.49. The van der Waals surface area contributed by atoms with Crippen LogP contribution >= 0.6 is 0 Å². The lowest BCUT2D eigenvalue weighted by Gasteiger charge is -2.21. The van der Waals surface area contributed by atoms with Gasteiger partial charge < -0.3 is 14.9 Å². The largest absolute Gasteiger partial charge is 0.393 e. The van der Waals surface area contributed by atoms with Crippen molar-refractivity contribution in [2.45, 2.75) is 39.1 Å². The van der Waals surface area contributed by atoms with Crippen LogP contribution in [0.1, 0.15) is 25.8 Å². The molecule has 17 heavy (non-hydrogen) atoms. The molecule has 0 heterocycles. The Morgan fingerprint density at radius 2 is 1.76 bits per heavy atom. The lowest BCUT2D eigenvalue weighted by atomic mass is 9.97. The van der Waals surface area contributed by atoms with Crippen molar-refractivity contribution < 1.29 is 14.9 Å². The number of benzene rings is 1. The lowest BCUT2D eigenvalue weighted by molar-refractivity contribution is 0.00520. The van der Waals surface area contributed by atoms with Gasteiger partial charge in [-0.3, -0.25) is 0 Å². The summed E-state index contributed by atoms with van der Waals surface area (Å²) in [5.41, 5.74) is 1.13. The monoisotopic (exact) mass is 238 g/mol. The van der Waals surface area contributed by atoms with Crippen LogP contribution in [-0.4, -0.2) is 29.0 Å². The molecule has 0 bridgehead atoms. The third-order valence-electron chi connectivity index (χ3n) is 3.04. The van der Waals surface area contributed by atoms with Crippen LogP contribution in [0, 0.1) is 5.92 Å². The summed E-state index contributed by atoms with van der Waals surface area (Å²) in [6.45, 7) is 4.61. The van der Waals surface area contributed by atoms with Crippen LogP contribution in [0.2, 0.25) is 0 Å². The Morgan fingerprint density at radius 3 is 2.35 bits per heavy atom. The molecule has 96 valence electrons. The Morgan fingerprint density at radius 1 is 1.12 bits per heavy atom. The van der Waals surface area contributed by atoms with Crippen LogP contribution in [0.25, 0.3) is 0 Å². The van der Waals surface area contributed by atoms with Crippen molar-refractivity contribution in [1.82, 2.24) is 0 Å². The molecule has 0 aromatic heterocycles. The number of hydrogen-bond donors (Lipinski definition) is 2. The van der Waals surface area contributed by atoms with Gasteiger partial charge in [0.05, 0.1) is 18.8 Å². The Hall–Kier alpha value is -0.900. The minimum absolute atomic E-state index is 0.115. The molecule has 1 rings (SSSR count). The van der Waals surface area contributed by atoms with Crippen LogP contribution in [0.15, 0.2) is 30.3 Å². The van der Waals surface area contributed by atoms with Gasteiger partial charge in [0.25, 0.3) is 0 Å². The molecule has 0 amide bonds. The SMILES string of the molecule is C[C@@H]([C@H](O)CCOCc1ccccc1)[C@@H](C)O. The quantitative estimate of drug-likeness (QED) is 0.714. The number of aliphatic hydroxyl groups is 2. The molecule has 0 aliphatic rings. The zero-order valence-electron chi connectivity index (χ0n) is 10.5. The predicted octanol–water partition coefficient (Wildman–Crippen LogP) is 1.97. The van der Waals surface area contributed by atoms with Gasteiger partial charge in [-0.15, -0.1) is 0 Å². The fourth-order valence-corrected chi connectivity index (χ4v) is 1.55. The molecule has 0 spiro atoms. The van der Waals surface area contributed by atoms with Gasteiger partial charge in [0, 0.05) is 12.5 Å². The first-order valence-corrected chi connectivity index (χ1v) is 6.09. The van der Waals surface area contributed by atoms with E-state index < -0.39 is 12.2 Å². The lowest BCUT2D eigenvalue weighted by Crippen LogP contribution is -2.28. The summed E-state index contributed by atoms with van der Waals surface area (Å²) in [6, 6.07) is 9.94. The molecular formula is C14H22O3. The van der Waals surface area contributed by atoms with Gasteiger partial charge in [-0.2, -0.15) is 0 Å². The standard InChI is InChI=1S/C14H22O3/c1-11(12(2)15)14(16)8-9-17-10-13-6-4-3-5-7-13/h3-7,11-12,14-16H,8-10H2,1-2H3/t11-,12-,14-/m1/s1. The van der Waals surface area contributed by atoms with Gasteiger partial charge in [-0.25, -0.2) is 0 Å². The molecule has 0 fully saturated rings. The summed E-state index contributed by atoms with van der Waals surface area (Å²) in [7, 11) is 0. The highest BCUT2D eigenvalue weighted by atomic mass is 16.5. The third-order valence-corrected chi connectivity index (χ3v) is 3.04. The average Bonchev–Trinajstić information content (AvgIpc) is 2.34. The molecule has 1 aromatic rings. The summed E-state index contributed by atoms with van der Waals surface area (Å²) in [5, 5.41) is 19.1. The number of hydrogen-bond acceptors (Lipinski definition) is 3. The summed E-state index contributed by atoms with van der Waals surface area (Å²) in [6.07, 6.45) is -0.441. The smallest absolute Gasteiger partial charge is 0.0716 e. The van der Waals surface area contributed by atoms with Crippen LogP contribution < -0.4 is 0 Å². The Kier molecular flexibility index (Phi) is 6.19. The van der Waals surface area contributed by atoms with E-state index in [0.717, 1.165) is 5.56 Å². The van der Waals surface area contributed by atoms with Gasteiger partial charge in [0.1, 0.15) is 0 Å². The highest BCUT2D eigenvalue weighted by Crippen LogP contribution is 2.12.